The van der Waals surface area contributed by atoms with Crippen LogP contribution in [0.4, 0.5) is 0 Å². The van der Waals surface area contributed by atoms with Crippen LogP contribution in [-0.4, -0.2) is 50.3 Å². The first-order chi connectivity index (χ1) is 11.6. The fourth-order valence-corrected chi connectivity index (χ4v) is 6.22. The molecule has 0 N–H and O–H groups in total. The Morgan fingerprint density at radius 3 is 3.12 bits per heavy atom. The highest BCUT2D eigenvalue weighted by Crippen LogP contribution is 2.29. The van der Waals surface area contributed by atoms with Crippen LogP contribution in [0.3, 0.4) is 0 Å². The number of carbonyl (C=O) groups excluding carboxylic acids is 1. The van der Waals surface area contributed by atoms with Crippen LogP contribution in [0.1, 0.15) is 19.8 Å². The minimum Gasteiger partial charge on any atom is -0.341 e. The van der Waals surface area contributed by atoms with Crippen LogP contribution in [0.15, 0.2) is 28.6 Å². The van der Waals surface area contributed by atoms with E-state index in [2.05, 4.69) is 18.0 Å². The second kappa shape index (κ2) is 8.45. The quantitative estimate of drug-likeness (QED) is 0.587. The molecule has 0 bridgehead atoms. The number of amides is 1. The summed E-state index contributed by atoms with van der Waals surface area (Å²) in [5.41, 5.74) is 1.05. The Labute approximate surface area is 153 Å². The third kappa shape index (κ3) is 4.80. The first-order valence-corrected chi connectivity index (χ1v) is 11.5. The topological polar surface area (TPSA) is 50.3 Å². The molecule has 3 rings (SSSR count). The summed E-state index contributed by atoms with van der Waals surface area (Å²) < 4.78 is 14.0. The number of aromatic nitrogens is 1. The molecular formula is C17H22N2O2S3. The minimum atomic E-state index is -0.770. The number of fused-ring (bicyclic) bond motifs is 1. The maximum Gasteiger partial charge on any atom is 0.222 e. The summed E-state index contributed by atoms with van der Waals surface area (Å²) in [6.07, 6.45) is 1.42. The van der Waals surface area contributed by atoms with Gasteiger partial charge in [0, 0.05) is 47.6 Å². The van der Waals surface area contributed by atoms with Crippen LogP contribution < -0.4 is 0 Å². The predicted molar refractivity (Wildman–Crippen MR) is 103 cm³/mol. The van der Waals surface area contributed by atoms with Gasteiger partial charge >= 0.3 is 0 Å². The van der Waals surface area contributed by atoms with Crippen molar-refractivity contribution >= 4 is 50.0 Å². The number of hydrogen-bond donors (Lipinski definition) is 0. The highest BCUT2D eigenvalue weighted by atomic mass is 32.2. The van der Waals surface area contributed by atoms with E-state index >= 15 is 0 Å². The monoisotopic (exact) mass is 382 g/mol. The van der Waals surface area contributed by atoms with Crippen molar-refractivity contribution in [2.24, 2.45) is 5.92 Å². The third-order valence-electron chi connectivity index (χ3n) is 3.98. The molecule has 1 saturated heterocycles. The van der Waals surface area contributed by atoms with Crippen molar-refractivity contribution in [3.63, 3.8) is 0 Å². The second-order valence-corrected chi connectivity index (χ2v) is 10.1. The van der Waals surface area contributed by atoms with Crippen molar-refractivity contribution in [3.05, 3.63) is 24.3 Å². The number of benzene rings is 1. The van der Waals surface area contributed by atoms with E-state index in [9.17, 15) is 9.00 Å². The Morgan fingerprint density at radius 2 is 2.29 bits per heavy atom. The Hall–Kier alpha value is -0.920. The van der Waals surface area contributed by atoms with E-state index in [0.29, 0.717) is 24.6 Å². The molecule has 1 aliphatic heterocycles. The molecule has 1 aliphatic rings. The summed E-state index contributed by atoms with van der Waals surface area (Å²) in [5.74, 6) is 2.77. The Bertz CT molecular complexity index is 698. The fourth-order valence-electron chi connectivity index (χ4n) is 2.81. The van der Waals surface area contributed by atoms with Gasteiger partial charge in [0.1, 0.15) is 0 Å². The molecule has 0 radical (unpaired) electrons. The zero-order chi connectivity index (χ0) is 16.9. The number of rotatable bonds is 5. The predicted octanol–water partition coefficient (Wildman–Crippen LogP) is 3.40. The van der Waals surface area contributed by atoms with Gasteiger partial charge in [0.05, 0.1) is 10.2 Å². The molecule has 0 aliphatic carbocycles. The molecule has 0 unspecified atom stereocenters. The van der Waals surface area contributed by atoms with E-state index in [0.717, 1.165) is 34.3 Å². The Balaban J connectivity index is 1.44. The number of para-hydroxylation sites is 1. The normalized spacial score (nSPS) is 21.8. The number of hydrogen-bond acceptors (Lipinski definition) is 5. The molecule has 1 fully saturated rings. The number of carbonyl (C=O) groups is 1. The molecule has 2 heterocycles. The van der Waals surface area contributed by atoms with Gasteiger partial charge in [0.25, 0.3) is 0 Å². The second-order valence-electron chi connectivity index (χ2n) is 6.16. The van der Waals surface area contributed by atoms with Crippen molar-refractivity contribution in [1.82, 2.24) is 9.88 Å². The molecule has 7 heteroatoms. The zero-order valence-corrected chi connectivity index (χ0v) is 16.2. The van der Waals surface area contributed by atoms with Crippen LogP contribution in [0.25, 0.3) is 10.2 Å². The van der Waals surface area contributed by atoms with Crippen molar-refractivity contribution in [1.29, 1.82) is 0 Å². The fraction of sp³-hybridized carbons (Fsp3) is 0.529. The summed E-state index contributed by atoms with van der Waals surface area (Å²) in [6, 6.07) is 8.15. The highest BCUT2D eigenvalue weighted by Gasteiger charge is 2.22. The van der Waals surface area contributed by atoms with Gasteiger partial charge in [0.2, 0.25) is 5.91 Å². The molecule has 1 aromatic heterocycles. The van der Waals surface area contributed by atoms with Crippen molar-refractivity contribution in [3.8, 4) is 0 Å². The summed E-state index contributed by atoms with van der Waals surface area (Å²) in [7, 11) is -0.770. The molecule has 1 amide bonds. The van der Waals surface area contributed by atoms with Gasteiger partial charge in [0.15, 0.2) is 4.34 Å². The van der Waals surface area contributed by atoms with Crippen LogP contribution in [0.5, 0.6) is 0 Å². The van der Waals surface area contributed by atoms with E-state index in [1.54, 1.807) is 23.1 Å². The Kier molecular flexibility index (Phi) is 6.30. The maximum absolute atomic E-state index is 12.4. The van der Waals surface area contributed by atoms with Crippen LogP contribution in [-0.2, 0) is 15.6 Å². The van der Waals surface area contributed by atoms with E-state index in [-0.39, 0.29) is 5.91 Å². The van der Waals surface area contributed by atoms with Crippen molar-refractivity contribution < 1.29 is 9.00 Å². The lowest BCUT2D eigenvalue weighted by Gasteiger charge is -2.22. The average Bonchev–Trinajstić information content (AvgIpc) is 2.89. The first kappa shape index (κ1) is 17.9. The average molecular weight is 383 g/mol. The van der Waals surface area contributed by atoms with Crippen LogP contribution in [0.2, 0.25) is 0 Å². The lowest BCUT2D eigenvalue weighted by molar-refractivity contribution is -0.131. The van der Waals surface area contributed by atoms with Crippen molar-refractivity contribution in [2.45, 2.75) is 24.1 Å². The van der Waals surface area contributed by atoms with Crippen LogP contribution in [0, 0.1) is 5.92 Å². The lowest BCUT2D eigenvalue weighted by Crippen LogP contribution is -2.35. The van der Waals surface area contributed by atoms with E-state index in [4.69, 9.17) is 0 Å². The van der Waals surface area contributed by atoms with Gasteiger partial charge in [-0.3, -0.25) is 9.00 Å². The van der Waals surface area contributed by atoms with Gasteiger partial charge < -0.3 is 4.90 Å². The van der Waals surface area contributed by atoms with Crippen LogP contribution >= 0.6 is 23.1 Å². The molecule has 24 heavy (non-hydrogen) atoms. The summed E-state index contributed by atoms with van der Waals surface area (Å²) in [6.45, 7) is 3.46. The SMILES string of the molecule is C[C@@H]1CN(C(=O)CCCSc2nc3ccccc3s2)CC[S@@](=O)C1. The smallest absolute Gasteiger partial charge is 0.222 e. The summed E-state index contributed by atoms with van der Waals surface area (Å²) in [5, 5.41) is 0. The third-order valence-corrected chi connectivity index (χ3v) is 7.82. The summed E-state index contributed by atoms with van der Waals surface area (Å²) in [4.78, 5) is 18.9. The van der Waals surface area contributed by atoms with E-state index < -0.39 is 10.8 Å². The molecule has 130 valence electrons. The van der Waals surface area contributed by atoms with E-state index in [1.165, 1.54) is 4.70 Å². The lowest BCUT2D eigenvalue weighted by atomic mass is 10.2. The summed E-state index contributed by atoms with van der Waals surface area (Å²) >= 11 is 3.44. The standard InChI is InChI=1S/C17H22N2O2S3/c1-13-11-19(8-10-24(21)12-13)16(20)7-4-9-22-17-18-14-5-2-3-6-15(14)23-17/h2-3,5-6,13H,4,7-12H2,1H3/t13-,24-/m1/s1. The van der Waals surface area contributed by atoms with Gasteiger partial charge in [-0.25, -0.2) is 4.98 Å². The maximum atomic E-state index is 12.4. The highest BCUT2D eigenvalue weighted by molar-refractivity contribution is 8.01. The molecule has 1 aromatic carbocycles. The van der Waals surface area contributed by atoms with Crippen molar-refractivity contribution in [2.75, 3.05) is 30.3 Å². The van der Waals surface area contributed by atoms with Gasteiger partial charge in [-0.05, 0) is 24.5 Å². The molecule has 4 nitrogen and oxygen atoms in total. The van der Waals surface area contributed by atoms with Gasteiger partial charge in [-0.15, -0.1) is 11.3 Å². The molecule has 2 atom stereocenters. The van der Waals surface area contributed by atoms with Gasteiger partial charge in [-0.1, -0.05) is 30.8 Å². The number of thioether (sulfide) groups is 1. The minimum absolute atomic E-state index is 0.200. The molecule has 0 spiro atoms. The largest absolute Gasteiger partial charge is 0.341 e. The zero-order valence-electron chi connectivity index (χ0n) is 13.8. The molecular weight excluding hydrogens is 360 g/mol. The first-order valence-electron chi connectivity index (χ1n) is 8.23. The molecule has 2 aromatic rings. The molecule has 0 saturated carbocycles. The van der Waals surface area contributed by atoms with Gasteiger partial charge in [-0.2, -0.15) is 0 Å². The number of nitrogens with zero attached hydrogens (tertiary/aromatic N) is 2. The van der Waals surface area contributed by atoms with E-state index in [1.807, 2.05) is 23.1 Å². The Morgan fingerprint density at radius 1 is 1.46 bits per heavy atom. The number of thiazole rings is 1.